The van der Waals surface area contributed by atoms with Crippen molar-refractivity contribution in [3.8, 4) is 5.19 Å². The second kappa shape index (κ2) is 8.21. The van der Waals surface area contributed by atoms with Crippen molar-refractivity contribution in [1.29, 1.82) is 0 Å². The zero-order valence-corrected chi connectivity index (χ0v) is 18.3. The summed E-state index contributed by atoms with van der Waals surface area (Å²) in [5.74, 6) is 0. The molecule has 0 unspecified atom stereocenters. The predicted molar refractivity (Wildman–Crippen MR) is 106 cm³/mol. The molecule has 0 N–H and O–H groups in total. The highest BCUT2D eigenvalue weighted by atomic mass is 35.5. The number of thiophene rings is 1. The number of nitrogens with zero attached hydrogens (tertiary/aromatic N) is 4. The normalized spacial score (nSPS) is 17.1. The quantitative estimate of drug-likeness (QED) is 0.624. The molecule has 3 rings (SSSR count). The van der Waals surface area contributed by atoms with Crippen molar-refractivity contribution >= 4 is 56.5 Å². The van der Waals surface area contributed by atoms with Gasteiger partial charge in [0, 0.05) is 26.2 Å². The lowest BCUT2D eigenvalue weighted by Gasteiger charge is -2.33. The van der Waals surface area contributed by atoms with Crippen LogP contribution in [0, 0.1) is 3.95 Å². The van der Waals surface area contributed by atoms with E-state index >= 15 is 0 Å². The average Bonchev–Trinajstić information content (AvgIpc) is 3.14. The van der Waals surface area contributed by atoms with Crippen LogP contribution in [0.5, 0.6) is 5.19 Å². The third-order valence-electron chi connectivity index (χ3n) is 3.73. The standard InChI is InChI=1S/C14H19ClN4O3S4/c1-10(2)22-13-16-19(14(23)25-13)9-17-5-7-18(8-6-17)26(20,21)12-4-3-11(15)24-12/h3-4,10H,5-9H2,1-2H3. The van der Waals surface area contributed by atoms with Gasteiger partial charge in [0.2, 0.25) is 0 Å². The van der Waals surface area contributed by atoms with E-state index in [2.05, 4.69) is 10.00 Å². The van der Waals surface area contributed by atoms with E-state index in [1.165, 1.54) is 15.6 Å². The van der Waals surface area contributed by atoms with Gasteiger partial charge in [0.1, 0.15) is 4.21 Å². The maximum Gasteiger partial charge on any atom is 0.293 e. The van der Waals surface area contributed by atoms with Gasteiger partial charge in [0.25, 0.3) is 15.2 Å². The molecule has 7 nitrogen and oxygen atoms in total. The lowest BCUT2D eigenvalue weighted by Crippen LogP contribution is -2.48. The van der Waals surface area contributed by atoms with E-state index in [4.69, 9.17) is 28.6 Å². The Morgan fingerprint density at radius 3 is 2.54 bits per heavy atom. The van der Waals surface area contributed by atoms with Gasteiger partial charge in [0.15, 0.2) is 3.95 Å². The first kappa shape index (κ1) is 20.2. The fourth-order valence-electron chi connectivity index (χ4n) is 2.49. The fraction of sp³-hybridized carbons (Fsp3) is 0.571. The molecule has 0 bridgehead atoms. The SMILES string of the molecule is CC(C)Oc1nn(CN2CCN(S(=O)(=O)c3ccc(Cl)s3)CC2)c(=S)s1. The van der Waals surface area contributed by atoms with E-state index in [0.29, 0.717) is 46.3 Å². The van der Waals surface area contributed by atoms with Crippen LogP contribution < -0.4 is 4.74 Å². The monoisotopic (exact) mass is 454 g/mol. The Morgan fingerprint density at radius 1 is 1.27 bits per heavy atom. The van der Waals surface area contributed by atoms with Crippen LogP contribution in [-0.2, 0) is 16.7 Å². The summed E-state index contributed by atoms with van der Waals surface area (Å²) in [5.41, 5.74) is 0. The van der Waals surface area contributed by atoms with Crippen LogP contribution in [0.3, 0.4) is 0 Å². The lowest BCUT2D eigenvalue weighted by molar-refractivity contribution is 0.142. The van der Waals surface area contributed by atoms with Gasteiger partial charge in [-0.15, -0.1) is 16.4 Å². The van der Waals surface area contributed by atoms with Crippen molar-refractivity contribution in [2.24, 2.45) is 0 Å². The number of halogens is 1. The fourth-order valence-corrected chi connectivity index (χ4v) is 6.60. The molecular weight excluding hydrogens is 436 g/mol. The van der Waals surface area contributed by atoms with Gasteiger partial charge in [-0.2, -0.15) is 4.31 Å². The van der Waals surface area contributed by atoms with E-state index in [1.807, 2.05) is 13.8 Å². The molecule has 0 saturated carbocycles. The number of sulfonamides is 1. The summed E-state index contributed by atoms with van der Waals surface area (Å²) < 4.78 is 35.5. The molecule has 1 saturated heterocycles. The number of hydrogen-bond acceptors (Lipinski definition) is 8. The zero-order chi connectivity index (χ0) is 18.9. The highest BCUT2D eigenvalue weighted by Gasteiger charge is 2.29. The van der Waals surface area contributed by atoms with Gasteiger partial charge >= 0.3 is 0 Å². The molecule has 2 aromatic rings. The van der Waals surface area contributed by atoms with Crippen molar-refractivity contribution in [3.05, 3.63) is 20.4 Å². The maximum atomic E-state index is 12.6. The van der Waals surface area contributed by atoms with Gasteiger partial charge in [-0.25, -0.2) is 13.1 Å². The van der Waals surface area contributed by atoms with Crippen molar-refractivity contribution in [1.82, 2.24) is 19.0 Å². The number of hydrogen-bond donors (Lipinski definition) is 0. The molecule has 26 heavy (non-hydrogen) atoms. The molecular formula is C14H19ClN4O3S4. The molecule has 1 aliphatic heterocycles. The zero-order valence-electron chi connectivity index (χ0n) is 14.3. The summed E-state index contributed by atoms with van der Waals surface area (Å²) >= 11 is 13.6. The third kappa shape index (κ3) is 4.64. The van der Waals surface area contributed by atoms with Gasteiger partial charge in [0.05, 0.1) is 17.1 Å². The predicted octanol–water partition coefficient (Wildman–Crippen LogP) is 3.14. The molecule has 0 spiro atoms. The first-order valence-corrected chi connectivity index (χ1v) is 11.8. The van der Waals surface area contributed by atoms with Gasteiger partial charge in [-0.05, 0) is 49.5 Å². The Hall–Kier alpha value is -0.560. The van der Waals surface area contributed by atoms with Crippen molar-refractivity contribution in [2.45, 2.75) is 30.8 Å². The van der Waals surface area contributed by atoms with E-state index in [1.54, 1.807) is 16.8 Å². The van der Waals surface area contributed by atoms with Crippen molar-refractivity contribution in [3.63, 3.8) is 0 Å². The van der Waals surface area contributed by atoms with E-state index in [9.17, 15) is 8.42 Å². The first-order chi connectivity index (χ1) is 12.3. The molecule has 0 aromatic carbocycles. The van der Waals surface area contributed by atoms with Crippen LogP contribution in [0.25, 0.3) is 0 Å². The lowest BCUT2D eigenvalue weighted by atomic mass is 10.4. The van der Waals surface area contributed by atoms with Crippen molar-refractivity contribution in [2.75, 3.05) is 26.2 Å². The van der Waals surface area contributed by atoms with Gasteiger partial charge in [-0.1, -0.05) is 11.6 Å². The van der Waals surface area contributed by atoms with Gasteiger partial charge in [-0.3, -0.25) is 4.90 Å². The molecule has 0 aliphatic carbocycles. The molecule has 1 aliphatic rings. The Morgan fingerprint density at radius 2 is 1.96 bits per heavy atom. The first-order valence-electron chi connectivity index (χ1n) is 7.98. The molecule has 0 atom stereocenters. The number of rotatable bonds is 6. The minimum atomic E-state index is -3.48. The number of piperazine rings is 1. The Bertz CT molecular complexity index is 913. The van der Waals surface area contributed by atoms with Crippen LogP contribution in [0.1, 0.15) is 13.8 Å². The second-order valence-electron chi connectivity index (χ2n) is 6.02. The van der Waals surface area contributed by atoms with Crippen molar-refractivity contribution < 1.29 is 13.2 Å². The van der Waals surface area contributed by atoms with Gasteiger partial charge < -0.3 is 4.74 Å². The molecule has 12 heteroatoms. The third-order valence-corrected chi connectivity index (χ3v) is 8.53. The largest absolute Gasteiger partial charge is 0.466 e. The Kier molecular flexibility index (Phi) is 6.37. The molecule has 3 heterocycles. The summed E-state index contributed by atoms with van der Waals surface area (Å²) in [6, 6.07) is 3.16. The van der Waals surface area contributed by atoms with Crippen LogP contribution in [0.15, 0.2) is 16.3 Å². The smallest absolute Gasteiger partial charge is 0.293 e. The maximum absolute atomic E-state index is 12.6. The summed E-state index contributed by atoms with van der Waals surface area (Å²) in [4.78, 5) is 2.13. The Labute approximate surface area is 170 Å². The topological polar surface area (TPSA) is 67.7 Å². The highest BCUT2D eigenvalue weighted by molar-refractivity contribution is 7.91. The van der Waals surface area contributed by atoms with Crippen LogP contribution in [-0.4, -0.2) is 59.7 Å². The summed E-state index contributed by atoms with van der Waals surface area (Å²) in [6.45, 7) is 6.46. The average molecular weight is 455 g/mol. The van der Waals surface area contributed by atoms with E-state index in [0.717, 1.165) is 11.3 Å². The van der Waals surface area contributed by atoms with Crippen LogP contribution in [0.4, 0.5) is 0 Å². The molecule has 0 radical (unpaired) electrons. The highest BCUT2D eigenvalue weighted by Crippen LogP contribution is 2.28. The number of aromatic nitrogens is 2. The minimum absolute atomic E-state index is 0.0449. The molecule has 144 valence electrons. The number of ether oxygens (including phenoxy) is 1. The molecule has 2 aromatic heterocycles. The summed E-state index contributed by atoms with van der Waals surface area (Å²) in [7, 11) is -3.48. The second-order valence-corrected chi connectivity index (χ2v) is 11.5. The Balaban J connectivity index is 1.61. The van der Waals surface area contributed by atoms with Crippen LogP contribution >= 0.6 is 46.5 Å². The summed E-state index contributed by atoms with van der Waals surface area (Å²) in [5, 5.41) is 4.94. The summed E-state index contributed by atoms with van der Waals surface area (Å²) in [6.07, 6.45) is 0.0449. The molecule has 0 amide bonds. The van der Waals surface area contributed by atoms with E-state index < -0.39 is 10.0 Å². The van der Waals surface area contributed by atoms with Crippen LogP contribution in [0.2, 0.25) is 4.34 Å². The molecule has 1 fully saturated rings. The minimum Gasteiger partial charge on any atom is -0.466 e. The van der Waals surface area contributed by atoms with E-state index in [-0.39, 0.29) is 10.3 Å².